The number of anilines is 2. The van der Waals surface area contributed by atoms with Crippen LogP contribution in [-0.4, -0.2) is 47.5 Å². The van der Waals surface area contributed by atoms with Crippen molar-refractivity contribution < 1.29 is 19.1 Å². The van der Waals surface area contributed by atoms with Crippen LogP contribution >= 0.6 is 0 Å². The first-order valence-corrected chi connectivity index (χ1v) is 12.6. The summed E-state index contributed by atoms with van der Waals surface area (Å²) >= 11 is 0. The molecule has 37 heavy (non-hydrogen) atoms. The summed E-state index contributed by atoms with van der Waals surface area (Å²) in [6, 6.07) is 15.2. The van der Waals surface area contributed by atoms with E-state index < -0.39 is 11.9 Å². The van der Waals surface area contributed by atoms with Crippen LogP contribution in [0.4, 0.5) is 11.6 Å². The molecule has 1 aromatic heterocycles. The fourth-order valence-electron chi connectivity index (χ4n) is 4.84. The second kappa shape index (κ2) is 10.9. The number of carbonyl (C=O) groups is 2. The van der Waals surface area contributed by atoms with Crippen LogP contribution in [0.15, 0.2) is 54.7 Å². The Balaban J connectivity index is 1.45. The normalized spacial score (nSPS) is 19.0. The fourth-order valence-corrected chi connectivity index (χ4v) is 4.84. The summed E-state index contributed by atoms with van der Waals surface area (Å²) < 4.78 is 11.4. The molecule has 1 saturated heterocycles. The zero-order valence-corrected chi connectivity index (χ0v) is 21.1. The van der Waals surface area contributed by atoms with Crippen molar-refractivity contribution in [1.29, 1.82) is 0 Å². The van der Waals surface area contributed by atoms with Gasteiger partial charge in [0.2, 0.25) is 17.7 Å². The zero-order valence-electron chi connectivity index (χ0n) is 21.1. The standard InChI is InChI=1S/C28H31N5O4/c1-18-14-20-9-3-4-12-24(20)33(18)28-30-16-22(25(34)31-23-11-5-6-13-29-26(23)35)27(32-28)37-17-19-8-7-10-21(15-19)36-2/h3-4,7-10,12,15-16,18,23H,5-6,11,13-14,17H2,1-2H3,(H,29,35)(H,31,34). The molecule has 192 valence electrons. The van der Waals surface area contributed by atoms with E-state index in [9.17, 15) is 9.59 Å². The number of methoxy groups -OCH3 is 1. The Kier molecular flexibility index (Phi) is 7.20. The van der Waals surface area contributed by atoms with E-state index in [0.29, 0.717) is 24.7 Å². The molecule has 0 radical (unpaired) electrons. The van der Waals surface area contributed by atoms with Gasteiger partial charge in [-0.3, -0.25) is 9.59 Å². The first-order chi connectivity index (χ1) is 18.0. The first-order valence-electron chi connectivity index (χ1n) is 12.6. The zero-order chi connectivity index (χ0) is 25.8. The maximum absolute atomic E-state index is 13.3. The molecule has 9 heteroatoms. The van der Waals surface area contributed by atoms with Gasteiger partial charge in [0, 0.05) is 24.5 Å². The third-order valence-electron chi connectivity index (χ3n) is 6.76. The molecule has 1 fully saturated rings. The van der Waals surface area contributed by atoms with Gasteiger partial charge < -0.3 is 25.0 Å². The smallest absolute Gasteiger partial charge is 0.259 e. The predicted molar refractivity (Wildman–Crippen MR) is 139 cm³/mol. The van der Waals surface area contributed by atoms with Crippen molar-refractivity contribution in [2.45, 2.75) is 51.3 Å². The highest BCUT2D eigenvalue weighted by molar-refractivity contribution is 5.99. The Bertz CT molecular complexity index is 1300. The number of carbonyl (C=O) groups excluding carboxylic acids is 2. The molecule has 9 nitrogen and oxygen atoms in total. The van der Waals surface area contributed by atoms with E-state index in [0.717, 1.165) is 30.5 Å². The van der Waals surface area contributed by atoms with Crippen LogP contribution in [0.2, 0.25) is 0 Å². The Morgan fingerprint density at radius 1 is 1.19 bits per heavy atom. The lowest BCUT2D eigenvalue weighted by molar-refractivity contribution is -0.122. The van der Waals surface area contributed by atoms with E-state index in [1.54, 1.807) is 7.11 Å². The number of rotatable bonds is 7. The van der Waals surface area contributed by atoms with Crippen molar-refractivity contribution in [2.75, 3.05) is 18.6 Å². The molecule has 2 amide bonds. The number of ether oxygens (including phenoxy) is 2. The van der Waals surface area contributed by atoms with Gasteiger partial charge in [-0.2, -0.15) is 4.98 Å². The molecule has 2 aromatic carbocycles. The Labute approximate surface area is 216 Å². The summed E-state index contributed by atoms with van der Waals surface area (Å²) in [6.07, 6.45) is 4.68. The molecule has 5 rings (SSSR count). The largest absolute Gasteiger partial charge is 0.497 e. The molecule has 0 bridgehead atoms. The highest BCUT2D eigenvalue weighted by atomic mass is 16.5. The van der Waals surface area contributed by atoms with E-state index in [1.165, 1.54) is 11.8 Å². The maximum Gasteiger partial charge on any atom is 0.259 e. The molecule has 0 spiro atoms. The van der Waals surface area contributed by atoms with Crippen molar-refractivity contribution in [3.05, 3.63) is 71.4 Å². The number of hydrogen-bond acceptors (Lipinski definition) is 7. The highest BCUT2D eigenvalue weighted by Crippen LogP contribution is 2.37. The molecule has 3 heterocycles. The van der Waals surface area contributed by atoms with Gasteiger partial charge >= 0.3 is 0 Å². The summed E-state index contributed by atoms with van der Waals surface area (Å²) in [5, 5.41) is 5.70. The molecular formula is C28H31N5O4. The minimum Gasteiger partial charge on any atom is -0.497 e. The van der Waals surface area contributed by atoms with Crippen LogP contribution in [0.25, 0.3) is 0 Å². The minimum absolute atomic E-state index is 0.151. The van der Waals surface area contributed by atoms with Crippen LogP contribution in [0.5, 0.6) is 11.6 Å². The quantitative estimate of drug-likeness (QED) is 0.510. The van der Waals surface area contributed by atoms with Gasteiger partial charge in [-0.15, -0.1) is 0 Å². The molecule has 2 atom stereocenters. The van der Waals surface area contributed by atoms with Gasteiger partial charge in [0.15, 0.2) is 0 Å². The van der Waals surface area contributed by atoms with Gasteiger partial charge in [-0.05, 0) is 61.9 Å². The average Bonchev–Trinajstić information content (AvgIpc) is 3.12. The monoisotopic (exact) mass is 501 g/mol. The third kappa shape index (κ3) is 5.35. The molecule has 0 saturated carbocycles. The topological polar surface area (TPSA) is 106 Å². The van der Waals surface area contributed by atoms with E-state index in [-0.39, 0.29) is 30.0 Å². The predicted octanol–water partition coefficient (Wildman–Crippen LogP) is 3.55. The lowest BCUT2D eigenvalue weighted by Gasteiger charge is -2.23. The van der Waals surface area contributed by atoms with Gasteiger partial charge in [-0.1, -0.05) is 30.3 Å². The van der Waals surface area contributed by atoms with E-state index in [1.807, 2.05) is 42.5 Å². The highest BCUT2D eigenvalue weighted by Gasteiger charge is 2.31. The molecule has 3 aromatic rings. The summed E-state index contributed by atoms with van der Waals surface area (Å²) in [5.41, 5.74) is 3.32. The SMILES string of the molecule is COc1cccc(COc2nc(N3c4ccccc4CC3C)ncc2C(=O)NC2CCCCNC2=O)c1. The number of aromatic nitrogens is 2. The van der Waals surface area contributed by atoms with Crippen molar-refractivity contribution >= 4 is 23.5 Å². The summed E-state index contributed by atoms with van der Waals surface area (Å²) in [6.45, 7) is 2.92. The Morgan fingerprint density at radius 3 is 2.92 bits per heavy atom. The van der Waals surface area contributed by atoms with E-state index >= 15 is 0 Å². The van der Waals surface area contributed by atoms with Gasteiger partial charge in [-0.25, -0.2) is 4.98 Å². The van der Waals surface area contributed by atoms with Crippen LogP contribution < -0.4 is 25.0 Å². The van der Waals surface area contributed by atoms with Crippen molar-refractivity contribution in [1.82, 2.24) is 20.6 Å². The van der Waals surface area contributed by atoms with Crippen LogP contribution in [0.1, 0.15) is 47.7 Å². The first kappa shape index (κ1) is 24.5. The summed E-state index contributed by atoms with van der Waals surface area (Å²) in [5.74, 6) is 0.718. The molecule has 2 unspecified atom stereocenters. The molecule has 0 aliphatic carbocycles. The van der Waals surface area contributed by atoms with Crippen LogP contribution in [-0.2, 0) is 17.8 Å². The molecule has 2 aliphatic rings. The number of hydrogen-bond donors (Lipinski definition) is 2. The number of para-hydroxylation sites is 1. The molecular weight excluding hydrogens is 470 g/mol. The maximum atomic E-state index is 13.3. The van der Waals surface area contributed by atoms with Crippen molar-refractivity contribution in [3.8, 4) is 11.6 Å². The van der Waals surface area contributed by atoms with Crippen molar-refractivity contribution in [2.24, 2.45) is 0 Å². The van der Waals surface area contributed by atoms with E-state index in [2.05, 4.69) is 33.5 Å². The number of amides is 2. The summed E-state index contributed by atoms with van der Waals surface area (Å²) in [7, 11) is 1.61. The van der Waals surface area contributed by atoms with Crippen LogP contribution in [0, 0.1) is 0 Å². The van der Waals surface area contributed by atoms with Gasteiger partial charge in [0.25, 0.3) is 5.91 Å². The second-order valence-corrected chi connectivity index (χ2v) is 9.39. The average molecular weight is 502 g/mol. The van der Waals surface area contributed by atoms with E-state index in [4.69, 9.17) is 14.5 Å². The number of nitrogens with one attached hydrogen (secondary N) is 2. The molecule has 2 N–H and O–H groups in total. The number of nitrogens with zero attached hydrogens (tertiary/aromatic N) is 3. The van der Waals surface area contributed by atoms with Crippen LogP contribution in [0.3, 0.4) is 0 Å². The number of fused-ring (bicyclic) bond motifs is 1. The van der Waals surface area contributed by atoms with Crippen molar-refractivity contribution in [3.63, 3.8) is 0 Å². The van der Waals surface area contributed by atoms with Gasteiger partial charge in [0.05, 0.1) is 7.11 Å². The number of benzene rings is 2. The lowest BCUT2D eigenvalue weighted by atomic mass is 10.1. The van der Waals surface area contributed by atoms with Gasteiger partial charge in [0.1, 0.15) is 24.0 Å². The summed E-state index contributed by atoms with van der Waals surface area (Å²) in [4.78, 5) is 37.1. The Morgan fingerprint density at radius 2 is 2.05 bits per heavy atom. The molecule has 2 aliphatic heterocycles. The second-order valence-electron chi connectivity index (χ2n) is 9.39. The minimum atomic E-state index is -0.605. The third-order valence-corrected chi connectivity index (χ3v) is 6.76. The lowest BCUT2D eigenvalue weighted by Crippen LogP contribution is -2.45. The Hall–Kier alpha value is -4.14. The fraction of sp³-hybridized carbons (Fsp3) is 0.357.